The summed E-state index contributed by atoms with van der Waals surface area (Å²) in [7, 11) is -5.54. The van der Waals surface area contributed by atoms with E-state index in [1.165, 1.54) is 0 Å². The predicted octanol–water partition coefficient (Wildman–Crippen LogP) is -1.06. The van der Waals surface area contributed by atoms with Gasteiger partial charge in [-0.2, -0.15) is 0 Å². The van der Waals surface area contributed by atoms with Crippen LogP contribution in [0.15, 0.2) is 0 Å². The molecule has 5 N–H and O–H groups in total. The third-order valence-corrected chi connectivity index (χ3v) is 3.51. The lowest BCUT2D eigenvalue weighted by Crippen LogP contribution is -2.46. The lowest BCUT2D eigenvalue weighted by molar-refractivity contribution is -0.153. The predicted molar refractivity (Wildman–Crippen MR) is 46.9 cm³/mol. The molecule has 0 saturated carbocycles. The van der Waals surface area contributed by atoms with Gasteiger partial charge >= 0.3 is 25.5 Å². The number of carboxylic acids is 3. The van der Waals surface area contributed by atoms with E-state index in [2.05, 4.69) is 0 Å². The van der Waals surface area contributed by atoms with Crippen LogP contribution in [0.3, 0.4) is 0 Å². The zero-order chi connectivity index (χ0) is 13.1. The zero-order valence-electron chi connectivity index (χ0n) is 7.73. The standard InChI is InChI=1S/C6H9O9P/c7-3(8)1-2-6(4(9)10,5(11)12)16(13,14)15/h1-2H2,(H,7,8)(H,9,10)(H,11,12)(H2,13,14,15). The van der Waals surface area contributed by atoms with Crippen molar-refractivity contribution in [1.29, 1.82) is 0 Å². The van der Waals surface area contributed by atoms with Crippen LogP contribution in [0.1, 0.15) is 12.8 Å². The van der Waals surface area contributed by atoms with E-state index in [0.29, 0.717) is 0 Å². The first-order chi connectivity index (χ1) is 7.05. The fourth-order valence-corrected chi connectivity index (χ4v) is 1.89. The van der Waals surface area contributed by atoms with Crippen molar-refractivity contribution in [1.82, 2.24) is 0 Å². The third-order valence-electron chi connectivity index (χ3n) is 1.91. The van der Waals surface area contributed by atoms with Crippen molar-refractivity contribution in [2.45, 2.75) is 18.0 Å². The fourth-order valence-electron chi connectivity index (χ4n) is 0.988. The van der Waals surface area contributed by atoms with Gasteiger partial charge in [-0.05, 0) is 6.42 Å². The molecular formula is C6H9O9P. The van der Waals surface area contributed by atoms with Gasteiger partial charge in [-0.1, -0.05) is 0 Å². The lowest BCUT2D eigenvalue weighted by Gasteiger charge is -2.24. The lowest BCUT2D eigenvalue weighted by atomic mass is 10.0. The monoisotopic (exact) mass is 256 g/mol. The topological polar surface area (TPSA) is 169 Å². The third kappa shape index (κ3) is 2.57. The van der Waals surface area contributed by atoms with Crippen LogP contribution in [-0.4, -0.2) is 48.2 Å². The van der Waals surface area contributed by atoms with E-state index in [1.807, 2.05) is 0 Å². The second-order valence-corrected chi connectivity index (χ2v) is 4.76. The van der Waals surface area contributed by atoms with Crippen LogP contribution < -0.4 is 0 Å². The van der Waals surface area contributed by atoms with Crippen LogP contribution in [-0.2, 0) is 18.9 Å². The molecule has 0 unspecified atom stereocenters. The highest BCUT2D eigenvalue weighted by atomic mass is 31.2. The highest BCUT2D eigenvalue weighted by Gasteiger charge is 2.60. The van der Waals surface area contributed by atoms with E-state index in [4.69, 9.17) is 25.1 Å². The van der Waals surface area contributed by atoms with E-state index >= 15 is 0 Å². The van der Waals surface area contributed by atoms with Gasteiger partial charge < -0.3 is 25.1 Å². The second-order valence-electron chi connectivity index (χ2n) is 2.91. The molecule has 0 atom stereocenters. The first-order valence-corrected chi connectivity index (χ1v) is 5.41. The molecule has 0 fully saturated rings. The molecule has 0 aliphatic carbocycles. The molecule has 0 bridgehead atoms. The van der Waals surface area contributed by atoms with E-state index in [0.717, 1.165) is 0 Å². The molecule has 0 aromatic carbocycles. The minimum atomic E-state index is -5.54. The van der Waals surface area contributed by atoms with Crippen LogP contribution in [0.4, 0.5) is 0 Å². The van der Waals surface area contributed by atoms with E-state index < -0.39 is 43.5 Å². The Bertz CT molecular complexity index is 352. The smallest absolute Gasteiger partial charge is 0.354 e. The number of carboxylic acid groups (broad SMARTS) is 3. The van der Waals surface area contributed by atoms with Crippen molar-refractivity contribution in [3.05, 3.63) is 0 Å². The molecule has 0 spiro atoms. The maximum Gasteiger partial charge on any atom is 0.354 e. The number of rotatable bonds is 6. The average Bonchev–Trinajstić information content (AvgIpc) is 1.99. The summed E-state index contributed by atoms with van der Waals surface area (Å²) < 4.78 is 10.9. The summed E-state index contributed by atoms with van der Waals surface area (Å²) in [5.74, 6) is -6.09. The van der Waals surface area contributed by atoms with Crippen molar-refractivity contribution in [2.75, 3.05) is 0 Å². The molecule has 16 heavy (non-hydrogen) atoms. The molecule has 0 heterocycles. The molecule has 0 rings (SSSR count). The van der Waals surface area contributed by atoms with Crippen molar-refractivity contribution >= 4 is 25.5 Å². The molecule has 10 heteroatoms. The van der Waals surface area contributed by atoms with Crippen LogP contribution in [0.2, 0.25) is 0 Å². The van der Waals surface area contributed by atoms with Gasteiger partial charge in [0.15, 0.2) is 0 Å². The number of aliphatic carboxylic acids is 3. The number of carbonyl (C=O) groups is 3. The zero-order valence-corrected chi connectivity index (χ0v) is 8.62. The Morgan fingerprint density at radius 3 is 1.56 bits per heavy atom. The highest BCUT2D eigenvalue weighted by molar-refractivity contribution is 7.56. The molecule has 0 amide bonds. The Morgan fingerprint density at radius 2 is 1.38 bits per heavy atom. The quantitative estimate of drug-likeness (QED) is 0.293. The summed E-state index contributed by atoms with van der Waals surface area (Å²) in [5, 5.41) is 22.0. The van der Waals surface area contributed by atoms with Gasteiger partial charge in [0, 0.05) is 6.42 Å². The molecule has 0 aromatic rings. The summed E-state index contributed by atoms with van der Waals surface area (Å²) in [6, 6.07) is 0. The van der Waals surface area contributed by atoms with Gasteiger partial charge in [-0.25, -0.2) is 0 Å². The Kier molecular flexibility index (Phi) is 4.19. The average molecular weight is 256 g/mol. The van der Waals surface area contributed by atoms with Crippen LogP contribution >= 0.6 is 7.60 Å². The van der Waals surface area contributed by atoms with Gasteiger partial charge in [0.2, 0.25) is 0 Å². The van der Waals surface area contributed by atoms with Gasteiger partial charge in [0.25, 0.3) is 5.16 Å². The normalized spacial score (nSPS) is 12.1. The maximum absolute atomic E-state index is 10.9. The summed E-state index contributed by atoms with van der Waals surface area (Å²) in [5.41, 5.74) is 0. The first kappa shape index (κ1) is 14.6. The summed E-state index contributed by atoms with van der Waals surface area (Å²) >= 11 is 0. The number of hydrogen-bond acceptors (Lipinski definition) is 4. The molecule has 0 aliphatic heterocycles. The molecule has 0 aromatic heterocycles. The van der Waals surface area contributed by atoms with Crippen molar-refractivity contribution in [2.24, 2.45) is 0 Å². The maximum atomic E-state index is 10.9. The van der Waals surface area contributed by atoms with E-state index in [1.54, 1.807) is 0 Å². The molecule has 0 saturated heterocycles. The van der Waals surface area contributed by atoms with Crippen LogP contribution in [0.25, 0.3) is 0 Å². The van der Waals surface area contributed by atoms with Crippen LogP contribution in [0.5, 0.6) is 0 Å². The van der Waals surface area contributed by atoms with E-state index in [-0.39, 0.29) is 0 Å². The Hall–Kier alpha value is -1.44. The first-order valence-electron chi connectivity index (χ1n) is 3.80. The minimum Gasteiger partial charge on any atom is -0.481 e. The second kappa shape index (κ2) is 4.60. The fraction of sp³-hybridized carbons (Fsp3) is 0.500. The van der Waals surface area contributed by atoms with Gasteiger partial charge in [-0.3, -0.25) is 18.9 Å². The SMILES string of the molecule is O=C(O)CCC(C(=O)O)(C(=O)O)P(=O)(O)O. The van der Waals surface area contributed by atoms with Gasteiger partial charge in [0.05, 0.1) is 0 Å². The van der Waals surface area contributed by atoms with Crippen LogP contribution in [0, 0.1) is 0 Å². The van der Waals surface area contributed by atoms with Crippen molar-refractivity contribution < 1.29 is 44.1 Å². The molecular weight excluding hydrogens is 247 g/mol. The van der Waals surface area contributed by atoms with E-state index in [9.17, 15) is 18.9 Å². The molecule has 0 radical (unpaired) electrons. The molecule has 9 nitrogen and oxygen atoms in total. The largest absolute Gasteiger partial charge is 0.481 e. The van der Waals surface area contributed by atoms with Gasteiger partial charge in [0.1, 0.15) is 0 Å². The van der Waals surface area contributed by atoms with Gasteiger partial charge in [-0.15, -0.1) is 0 Å². The Labute approximate surface area is 88.5 Å². The molecule has 0 aliphatic rings. The van der Waals surface area contributed by atoms with Crippen molar-refractivity contribution in [3.8, 4) is 0 Å². The summed E-state index contributed by atoms with van der Waals surface area (Å²) in [6.45, 7) is 0. The minimum absolute atomic E-state index is 0.982. The van der Waals surface area contributed by atoms with Crippen molar-refractivity contribution in [3.63, 3.8) is 0 Å². The highest BCUT2D eigenvalue weighted by Crippen LogP contribution is 2.53. The summed E-state index contributed by atoms with van der Waals surface area (Å²) in [6.07, 6.45) is -2.18. The number of hydrogen-bond donors (Lipinski definition) is 5. The molecule has 92 valence electrons. The Morgan fingerprint density at radius 1 is 1.00 bits per heavy atom. The Balaban J connectivity index is 5.47. The summed E-state index contributed by atoms with van der Waals surface area (Å²) in [4.78, 5) is 49.0.